The zero-order valence-corrected chi connectivity index (χ0v) is 12.1. The second-order valence-corrected chi connectivity index (χ2v) is 5.02. The zero-order chi connectivity index (χ0) is 13.4. The van der Waals surface area contributed by atoms with E-state index in [1.807, 2.05) is 0 Å². The molecule has 96 valence electrons. The molecule has 0 fully saturated rings. The summed E-state index contributed by atoms with van der Waals surface area (Å²) in [6.07, 6.45) is 0. The van der Waals surface area contributed by atoms with Crippen molar-refractivity contribution in [2.75, 3.05) is 7.11 Å². The smallest absolute Gasteiger partial charge is 0.328 e. The molecule has 1 atom stereocenters. The van der Waals surface area contributed by atoms with Gasteiger partial charge in [0, 0.05) is 6.07 Å². The van der Waals surface area contributed by atoms with Crippen LogP contribution in [0.3, 0.4) is 0 Å². The van der Waals surface area contributed by atoms with Crippen LogP contribution in [0.15, 0.2) is 16.6 Å². The summed E-state index contributed by atoms with van der Waals surface area (Å²) in [5.74, 6) is -0.849. The maximum Gasteiger partial charge on any atom is 0.328 e. The van der Waals surface area contributed by atoms with Crippen molar-refractivity contribution in [2.24, 2.45) is 0 Å². The van der Waals surface area contributed by atoms with E-state index in [0.29, 0.717) is 20.3 Å². The van der Waals surface area contributed by atoms with Crippen molar-refractivity contribution in [3.8, 4) is 0 Å². The summed E-state index contributed by atoms with van der Waals surface area (Å²) in [6, 6.07) is 2.29. The summed E-state index contributed by atoms with van der Waals surface area (Å²) in [5, 5.41) is 0. The molecule has 0 amide bonds. The molecule has 0 aliphatic heterocycles. The molecule has 0 bridgehead atoms. The molecule has 0 aliphatic carbocycles. The molecule has 18 heavy (non-hydrogen) atoms. The fraction of sp³-hybridized carbons (Fsp3) is 0.273. The number of hydrogen-bond donors (Lipinski definition) is 1. The first kappa shape index (κ1) is 13.2. The van der Waals surface area contributed by atoms with E-state index in [9.17, 15) is 9.18 Å². The molecular weight excluding hydrogens is 323 g/mol. The number of methoxy groups -OCH3 is 1. The second-order valence-electron chi connectivity index (χ2n) is 3.78. The molecular formula is C11H10BrFN2O2S. The Kier molecular flexibility index (Phi) is 3.54. The fourth-order valence-electron chi connectivity index (χ4n) is 1.78. The van der Waals surface area contributed by atoms with Crippen LogP contribution >= 0.6 is 28.1 Å². The van der Waals surface area contributed by atoms with E-state index >= 15 is 0 Å². The van der Waals surface area contributed by atoms with Crippen molar-refractivity contribution in [1.82, 2.24) is 9.55 Å². The van der Waals surface area contributed by atoms with Gasteiger partial charge >= 0.3 is 5.97 Å². The first-order valence-corrected chi connectivity index (χ1v) is 6.33. The molecule has 1 aromatic heterocycles. The number of aromatic amines is 1. The highest BCUT2D eigenvalue weighted by atomic mass is 79.9. The van der Waals surface area contributed by atoms with E-state index in [4.69, 9.17) is 12.2 Å². The van der Waals surface area contributed by atoms with Gasteiger partial charge in [0.1, 0.15) is 11.9 Å². The van der Waals surface area contributed by atoms with Gasteiger partial charge in [0.05, 0.1) is 22.6 Å². The van der Waals surface area contributed by atoms with Crippen LogP contribution in [0.5, 0.6) is 0 Å². The van der Waals surface area contributed by atoms with Crippen molar-refractivity contribution in [2.45, 2.75) is 13.0 Å². The van der Waals surface area contributed by atoms with E-state index in [-0.39, 0.29) is 0 Å². The van der Waals surface area contributed by atoms with Crippen molar-refractivity contribution in [1.29, 1.82) is 0 Å². The van der Waals surface area contributed by atoms with Gasteiger partial charge in [-0.25, -0.2) is 9.18 Å². The quantitative estimate of drug-likeness (QED) is 0.677. The molecule has 0 saturated carbocycles. The highest BCUT2D eigenvalue weighted by Gasteiger charge is 2.19. The number of imidazole rings is 1. The van der Waals surface area contributed by atoms with Crippen LogP contribution in [0.1, 0.15) is 13.0 Å². The Labute approximate surface area is 116 Å². The van der Waals surface area contributed by atoms with Crippen LogP contribution in [0.25, 0.3) is 11.0 Å². The van der Waals surface area contributed by atoms with E-state index in [2.05, 4.69) is 25.7 Å². The Hall–Kier alpha value is -1.21. The number of carbonyl (C=O) groups excluding carboxylic acids is 1. The zero-order valence-electron chi connectivity index (χ0n) is 9.66. The first-order valence-electron chi connectivity index (χ1n) is 5.12. The Balaban J connectivity index is 2.71. The Bertz CT molecular complexity index is 679. The number of halogens is 2. The van der Waals surface area contributed by atoms with Gasteiger partial charge in [-0.1, -0.05) is 0 Å². The average Bonchev–Trinajstić information content (AvgIpc) is 2.63. The van der Waals surface area contributed by atoms with Gasteiger partial charge < -0.3 is 14.3 Å². The number of H-pyrrole nitrogens is 1. The predicted molar refractivity (Wildman–Crippen MR) is 71.5 cm³/mol. The molecule has 1 unspecified atom stereocenters. The van der Waals surface area contributed by atoms with Gasteiger partial charge in [0.25, 0.3) is 0 Å². The monoisotopic (exact) mass is 332 g/mol. The minimum absolute atomic E-state index is 0.337. The Morgan fingerprint density at radius 3 is 2.89 bits per heavy atom. The molecule has 0 saturated heterocycles. The molecule has 1 aromatic carbocycles. The maximum absolute atomic E-state index is 13.6. The third-order valence-electron chi connectivity index (χ3n) is 2.69. The lowest BCUT2D eigenvalue weighted by atomic mass is 10.2. The summed E-state index contributed by atoms with van der Waals surface area (Å²) >= 11 is 8.24. The number of benzene rings is 1. The third-order valence-corrected chi connectivity index (χ3v) is 3.59. The average molecular weight is 333 g/mol. The maximum atomic E-state index is 13.6. The minimum atomic E-state index is -0.614. The van der Waals surface area contributed by atoms with Crippen LogP contribution < -0.4 is 0 Å². The third kappa shape index (κ3) is 2.08. The number of rotatable bonds is 2. The number of nitrogens with one attached hydrogen (secondary N) is 1. The summed E-state index contributed by atoms with van der Waals surface area (Å²) in [5.41, 5.74) is 1.18. The van der Waals surface area contributed by atoms with Crippen LogP contribution in [-0.2, 0) is 9.53 Å². The minimum Gasteiger partial charge on any atom is -0.467 e. The van der Waals surface area contributed by atoms with Crippen LogP contribution in [-0.4, -0.2) is 22.6 Å². The van der Waals surface area contributed by atoms with Crippen molar-refractivity contribution in [3.05, 3.63) is 27.2 Å². The van der Waals surface area contributed by atoms with Crippen LogP contribution in [0, 0.1) is 10.6 Å². The lowest BCUT2D eigenvalue weighted by molar-refractivity contribution is -0.143. The van der Waals surface area contributed by atoms with E-state index in [1.165, 1.54) is 17.7 Å². The predicted octanol–water partition coefficient (Wildman–Crippen LogP) is 3.33. The number of ether oxygens (including phenoxy) is 1. The largest absolute Gasteiger partial charge is 0.467 e. The van der Waals surface area contributed by atoms with E-state index in [1.54, 1.807) is 13.0 Å². The van der Waals surface area contributed by atoms with E-state index < -0.39 is 17.8 Å². The number of nitrogens with zero attached hydrogens (tertiary/aromatic N) is 1. The number of aromatic nitrogens is 2. The standard InChI is InChI=1S/C11H10BrFN2O2S/c1-5(10(16)17-2)15-9-4-7(13)6(12)3-8(9)14-11(15)18/h3-5H,1-2H3,(H,14,18). The van der Waals surface area contributed by atoms with Gasteiger partial charge in [-0.3, -0.25) is 0 Å². The summed E-state index contributed by atoms with van der Waals surface area (Å²) in [7, 11) is 1.30. The van der Waals surface area contributed by atoms with Gasteiger partial charge in [0.2, 0.25) is 0 Å². The second kappa shape index (κ2) is 4.81. The molecule has 2 rings (SSSR count). The molecule has 1 N–H and O–H groups in total. The summed E-state index contributed by atoms with van der Waals surface area (Å²) in [4.78, 5) is 14.5. The highest BCUT2D eigenvalue weighted by Crippen LogP contribution is 2.25. The normalized spacial score (nSPS) is 12.7. The fourth-order valence-corrected chi connectivity index (χ4v) is 2.49. The number of carbonyl (C=O) groups is 1. The summed E-state index contributed by atoms with van der Waals surface area (Å²) in [6.45, 7) is 1.65. The lowest BCUT2D eigenvalue weighted by Gasteiger charge is -2.12. The molecule has 4 nitrogen and oxygen atoms in total. The summed E-state index contributed by atoms with van der Waals surface area (Å²) < 4.78 is 20.4. The molecule has 7 heteroatoms. The highest BCUT2D eigenvalue weighted by molar-refractivity contribution is 9.10. The van der Waals surface area contributed by atoms with Crippen molar-refractivity contribution in [3.63, 3.8) is 0 Å². The van der Waals surface area contributed by atoms with Crippen molar-refractivity contribution < 1.29 is 13.9 Å². The Morgan fingerprint density at radius 1 is 1.61 bits per heavy atom. The molecule has 0 aliphatic rings. The van der Waals surface area contributed by atoms with Gasteiger partial charge in [-0.05, 0) is 41.1 Å². The van der Waals surface area contributed by atoms with Crippen molar-refractivity contribution >= 4 is 45.2 Å². The van der Waals surface area contributed by atoms with Crippen LogP contribution in [0.2, 0.25) is 0 Å². The van der Waals surface area contributed by atoms with Crippen LogP contribution in [0.4, 0.5) is 4.39 Å². The molecule has 1 heterocycles. The number of esters is 1. The molecule has 2 aromatic rings. The van der Waals surface area contributed by atoms with Gasteiger partial charge in [-0.15, -0.1) is 0 Å². The topological polar surface area (TPSA) is 47.0 Å². The van der Waals surface area contributed by atoms with E-state index in [0.717, 1.165) is 0 Å². The number of fused-ring (bicyclic) bond motifs is 1. The lowest BCUT2D eigenvalue weighted by Crippen LogP contribution is -2.17. The Morgan fingerprint density at radius 2 is 2.28 bits per heavy atom. The van der Waals surface area contributed by atoms with Gasteiger partial charge in [0.15, 0.2) is 4.77 Å². The molecule has 0 spiro atoms. The first-order chi connectivity index (χ1) is 8.45. The number of hydrogen-bond acceptors (Lipinski definition) is 3. The van der Waals surface area contributed by atoms with Gasteiger partial charge in [-0.2, -0.15) is 0 Å². The molecule has 0 radical (unpaired) electrons. The SMILES string of the molecule is COC(=O)C(C)n1c(=S)[nH]c2cc(Br)c(F)cc21.